The Hall–Kier alpha value is -3.71. The molecule has 312 valence electrons. The van der Waals surface area contributed by atoms with Crippen LogP contribution >= 0.6 is 11.6 Å². The number of rotatable bonds is 17. The van der Waals surface area contributed by atoms with Crippen molar-refractivity contribution in [2.24, 2.45) is 29.1 Å². The van der Waals surface area contributed by atoms with Gasteiger partial charge in [-0.2, -0.15) is 5.06 Å². The van der Waals surface area contributed by atoms with E-state index in [0.29, 0.717) is 63.9 Å². The third-order valence-corrected chi connectivity index (χ3v) is 13.0. The molecule has 0 radical (unpaired) electrons. The molecule has 1 aliphatic heterocycles. The molecule has 4 fully saturated rings. The highest BCUT2D eigenvalue weighted by molar-refractivity contribution is 6.31. The number of fused-ring (bicyclic) bond motifs is 2. The number of hydrogen-bond acceptors (Lipinski definition) is 9. The molecule has 2 aromatic rings. The van der Waals surface area contributed by atoms with Gasteiger partial charge < -0.3 is 35.4 Å². The molecular formula is C45H64ClN5O6. The van der Waals surface area contributed by atoms with Crippen LogP contribution in [0.1, 0.15) is 57.2 Å². The maximum absolute atomic E-state index is 14.3. The van der Waals surface area contributed by atoms with Crippen LogP contribution in [0, 0.1) is 29.1 Å². The molecule has 11 nitrogen and oxygen atoms in total. The number of carbonyl (C=O) groups is 2. The van der Waals surface area contributed by atoms with E-state index in [1.54, 1.807) is 26.2 Å². The van der Waals surface area contributed by atoms with Crippen molar-refractivity contribution in [2.45, 2.75) is 83.8 Å². The predicted molar refractivity (Wildman–Crippen MR) is 226 cm³/mol. The van der Waals surface area contributed by atoms with E-state index in [0.717, 1.165) is 12.0 Å². The first kappa shape index (κ1) is 44.4. The zero-order valence-electron chi connectivity index (χ0n) is 35.2. The van der Waals surface area contributed by atoms with E-state index in [9.17, 15) is 19.8 Å². The maximum Gasteiger partial charge on any atom is 0.244 e. The average Bonchev–Trinajstić information content (AvgIpc) is 3.53. The summed E-state index contributed by atoms with van der Waals surface area (Å²) in [6.45, 7) is 13.0. The van der Waals surface area contributed by atoms with Crippen LogP contribution in [0.15, 0.2) is 73.0 Å². The standard InChI is InChI=1S/C45H64ClN5O6/c1-27(50(8)9)20-31(16-19-40(54)47-33(24-49(6)7)21-30-14-12-11-13-15-30)34-17-18-37(46)35(43(34)56-10)25-51-42(41(29(3)53)39(26-52)57-51)44(55)48-38-23-32-22-36(28(38)2)45(32,4)5/h11-20,28-29,32-33,36,38-39,41-42,52-53H,1,21-26H2,2-10H3,(H,47,54)(H,48,55)/b19-16+,31-20+/t28-,29-,32-,33-,36+,38-,39-,41+,42-/m0/s1. The van der Waals surface area contributed by atoms with Crippen LogP contribution in [0.25, 0.3) is 5.57 Å². The minimum absolute atomic E-state index is 0.00150. The van der Waals surface area contributed by atoms with E-state index in [-0.39, 0.29) is 42.5 Å². The third kappa shape index (κ3) is 10.1. The Labute approximate surface area is 344 Å². The third-order valence-electron chi connectivity index (χ3n) is 12.7. The van der Waals surface area contributed by atoms with Gasteiger partial charge >= 0.3 is 0 Å². The molecule has 6 rings (SSSR count). The van der Waals surface area contributed by atoms with Crippen molar-refractivity contribution in [1.82, 2.24) is 25.5 Å². The number of amides is 2. The summed E-state index contributed by atoms with van der Waals surface area (Å²) in [4.78, 5) is 38.1. The molecule has 0 unspecified atom stereocenters. The van der Waals surface area contributed by atoms with Gasteiger partial charge in [-0.05, 0) is 98.9 Å². The number of allylic oxidation sites excluding steroid dienone is 3. The van der Waals surface area contributed by atoms with E-state index in [2.05, 4.69) is 50.1 Å². The number of halogens is 1. The van der Waals surface area contributed by atoms with Gasteiger partial charge in [0.1, 0.15) is 17.9 Å². The minimum Gasteiger partial charge on any atom is -0.496 e. The molecule has 4 N–H and O–H groups in total. The number of nitrogens with zero attached hydrogens (tertiary/aromatic N) is 3. The monoisotopic (exact) mass is 805 g/mol. The highest BCUT2D eigenvalue weighted by Crippen LogP contribution is 2.61. The SMILES string of the molecule is C=C(/C=C(\C=C\C(=O)N[C@@H](Cc1ccccc1)CN(C)C)c1ccc(Cl)c(CN2O[C@@H](CO)[C@@H]([C@H](C)O)[C@H]2C(=O)N[C@H]2C[C@@H]3C[C@H]([C@@H]2C)C3(C)C)c1OC)N(C)C. The molecule has 1 saturated heterocycles. The van der Waals surface area contributed by atoms with Gasteiger partial charge in [-0.25, -0.2) is 0 Å². The fraction of sp³-hybridized carbons (Fsp3) is 0.556. The molecule has 0 spiro atoms. The highest BCUT2D eigenvalue weighted by Gasteiger charge is 2.57. The number of methoxy groups -OCH3 is 1. The highest BCUT2D eigenvalue weighted by atomic mass is 35.5. The lowest BCUT2D eigenvalue weighted by atomic mass is 9.45. The summed E-state index contributed by atoms with van der Waals surface area (Å²) in [5.41, 5.74) is 3.90. The Kier molecular flexibility index (Phi) is 14.7. The van der Waals surface area contributed by atoms with E-state index in [1.165, 1.54) is 17.6 Å². The van der Waals surface area contributed by atoms with Crippen molar-refractivity contribution in [3.05, 3.63) is 94.7 Å². The molecule has 3 saturated carbocycles. The van der Waals surface area contributed by atoms with E-state index in [1.807, 2.05) is 68.3 Å². The Balaban J connectivity index is 1.44. The van der Waals surface area contributed by atoms with Gasteiger partial charge in [0.25, 0.3) is 0 Å². The van der Waals surface area contributed by atoms with Crippen molar-refractivity contribution in [3.63, 3.8) is 0 Å². The Morgan fingerprint density at radius 3 is 2.40 bits per heavy atom. The normalized spacial score (nSPS) is 26.8. The molecule has 4 aliphatic rings. The molecule has 0 aromatic heterocycles. The zero-order valence-corrected chi connectivity index (χ0v) is 35.9. The summed E-state index contributed by atoms with van der Waals surface area (Å²) >= 11 is 6.94. The average molecular weight is 806 g/mol. The quantitative estimate of drug-likeness (QED) is 0.124. The van der Waals surface area contributed by atoms with Crippen molar-refractivity contribution >= 4 is 29.0 Å². The van der Waals surface area contributed by atoms with E-state index < -0.39 is 24.2 Å². The van der Waals surface area contributed by atoms with E-state index >= 15 is 0 Å². The van der Waals surface area contributed by atoms with Crippen molar-refractivity contribution in [3.8, 4) is 5.75 Å². The number of likely N-dealkylation sites (N-methyl/N-ethyl adjacent to an activating group) is 2. The zero-order chi connectivity index (χ0) is 41.8. The second-order valence-electron chi connectivity index (χ2n) is 17.3. The number of aliphatic hydroxyl groups excluding tert-OH is 2. The van der Waals surface area contributed by atoms with Crippen molar-refractivity contribution in [2.75, 3.05) is 48.5 Å². The first-order chi connectivity index (χ1) is 27.0. The summed E-state index contributed by atoms with van der Waals surface area (Å²) < 4.78 is 6.08. The number of nitrogens with one attached hydrogen (secondary N) is 2. The lowest BCUT2D eigenvalue weighted by Gasteiger charge is -2.62. The van der Waals surface area contributed by atoms with Crippen LogP contribution in [0.3, 0.4) is 0 Å². The number of hydroxylamine groups is 2. The lowest BCUT2D eigenvalue weighted by Crippen LogP contribution is -2.62. The molecule has 2 bridgehead atoms. The van der Waals surface area contributed by atoms with Crippen LogP contribution in [-0.2, 0) is 27.4 Å². The first-order valence-corrected chi connectivity index (χ1v) is 20.5. The summed E-state index contributed by atoms with van der Waals surface area (Å²) in [7, 11) is 9.28. The Morgan fingerprint density at radius 1 is 1.12 bits per heavy atom. The van der Waals surface area contributed by atoms with Gasteiger partial charge in [0.05, 0.1) is 26.4 Å². The van der Waals surface area contributed by atoms with E-state index in [4.69, 9.17) is 21.2 Å². The van der Waals surface area contributed by atoms with Gasteiger partial charge in [0, 0.05) is 66.6 Å². The molecule has 3 aliphatic carbocycles. The second-order valence-corrected chi connectivity index (χ2v) is 17.7. The Morgan fingerprint density at radius 2 is 1.82 bits per heavy atom. The Bertz CT molecular complexity index is 1800. The molecule has 12 heteroatoms. The largest absolute Gasteiger partial charge is 0.496 e. The van der Waals surface area contributed by atoms with Gasteiger partial charge in [-0.1, -0.05) is 69.3 Å². The summed E-state index contributed by atoms with van der Waals surface area (Å²) in [5, 5.41) is 29.8. The van der Waals surface area contributed by atoms with Crippen LogP contribution in [0.4, 0.5) is 0 Å². The number of ether oxygens (including phenoxy) is 1. The summed E-state index contributed by atoms with van der Waals surface area (Å²) in [5.74, 6) is 0.589. The van der Waals surface area contributed by atoms with Crippen LogP contribution in [0.2, 0.25) is 5.02 Å². The van der Waals surface area contributed by atoms with Gasteiger partial charge in [0.15, 0.2) is 0 Å². The van der Waals surface area contributed by atoms with Crippen LogP contribution in [0.5, 0.6) is 5.75 Å². The number of carbonyl (C=O) groups excluding carboxylic acids is 2. The van der Waals surface area contributed by atoms with Crippen LogP contribution in [-0.4, -0.2) is 116 Å². The molecule has 57 heavy (non-hydrogen) atoms. The van der Waals surface area contributed by atoms with Crippen LogP contribution < -0.4 is 15.4 Å². The van der Waals surface area contributed by atoms with Crippen molar-refractivity contribution in [1.29, 1.82) is 0 Å². The van der Waals surface area contributed by atoms with Crippen molar-refractivity contribution < 1.29 is 29.4 Å². The molecular weight excluding hydrogens is 742 g/mol. The summed E-state index contributed by atoms with van der Waals surface area (Å²) in [6.07, 6.45) is 6.11. The first-order valence-electron chi connectivity index (χ1n) is 20.1. The number of hydrogen-bond donors (Lipinski definition) is 4. The van der Waals surface area contributed by atoms with Gasteiger partial charge in [0.2, 0.25) is 11.8 Å². The molecule has 1 heterocycles. The second kappa shape index (κ2) is 18.9. The lowest BCUT2D eigenvalue weighted by molar-refractivity contribution is -0.183. The molecule has 2 amide bonds. The number of aliphatic hydroxyl groups is 2. The smallest absolute Gasteiger partial charge is 0.244 e. The molecule has 9 atom stereocenters. The van der Waals surface area contributed by atoms with Gasteiger partial charge in [-0.3, -0.25) is 14.4 Å². The summed E-state index contributed by atoms with van der Waals surface area (Å²) in [6, 6.07) is 12.6. The fourth-order valence-corrected chi connectivity index (χ4v) is 9.50. The van der Waals surface area contributed by atoms with Gasteiger partial charge in [-0.15, -0.1) is 0 Å². The predicted octanol–water partition coefficient (Wildman–Crippen LogP) is 5.31. The topological polar surface area (TPSA) is 127 Å². The fourth-order valence-electron chi connectivity index (χ4n) is 9.29. The number of benzene rings is 2. The minimum atomic E-state index is -0.949. The maximum atomic E-state index is 14.3. The molecule has 2 aromatic carbocycles.